The molecule has 0 spiro atoms. The molecule has 0 aliphatic rings. The van der Waals surface area contributed by atoms with Gasteiger partial charge in [0.2, 0.25) is 0 Å². The van der Waals surface area contributed by atoms with Crippen molar-refractivity contribution >= 4 is 38.5 Å². The highest BCUT2D eigenvalue weighted by Gasteiger charge is 2.25. The number of sulfone groups is 1. The van der Waals surface area contributed by atoms with Gasteiger partial charge in [-0.1, -0.05) is 18.2 Å². The standard InChI is InChI=1S/C32H43N7O7S/c1-22(2)39(12-14-40)13-18-47(42,43)29-20-27(44-4)26(19-28(29)45-5)37-38-30-23(3)25(21-33)31(34-11-16-46-17-15-41)36-32(30)35-24-9-7-6-8-10-24/h6-10,19-20,22,40-41H,11-18H2,1-5H3,(H2,34,35,36)/b38-37+. The molecule has 4 N–H and O–H groups in total. The quantitative estimate of drug-likeness (QED) is 0.105. The SMILES string of the molecule is COc1cc(S(=O)(=O)CCN(CCO)C(C)C)c(OC)cc1/N=N/c1c(Nc2ccccc2)nc(NCCOCCO)c(C#N)c1C. The van der Waals surface area contributed by atoms with Crippen molar-refractivity contribution in [2.24, 2.45) is 10.2 Å². The van der Waals surface area contributed by atoms with Gasteiger partial charge in [-0.2, -0.15) is 5.26 Å². The number of aliphatic hydroxyl groups excluding tert-OH is 2. The van der Waals surface area contributed by atoms with E-state index in [4.69, 9.17) is 19.3 Å². The first-order chi connectivity index (χ1) is 22.6. The summed E-state index contributed by atoms with van der Waals surface area (Å²) in [6, 6.07) is 14.3. The minimum atomic E-state index is -3.83. The molecule has 254 valence electrons. The zero-order chi connectivity index (χ0) is 34.4. The summed E-state index contributed by atoms with van der Waals surface area (Å²) in [5, 5.41) is 43.6. The molecule has 0 saturated carbocycles. The van der Waals surface area contributed by atoms with Crippen molar-refractivity contribution in [1.29, 1.82) is 5.26 Å². The molecule has 1 aromatic heterocycles. The van der Waals surface area contributed by atoms with Gasteiger partial charge in [-0.15, -0.1) is 10.2 Å². The van der Waals surface area contributed by atoms with E-state index in [2.05, 4.69) is 31.9 Å². The Morgan fingerprint density at radius 2 is 1.72 bits per heavy atom. The number of nitrogens with one attached hydrogen (secondary N) is 2. The van der Waals surface area contributed by atoms with E-state index in [0.717, 1.165) is 5.69 Å². The Balaban J connectivity index is 2.04. The average molecular weight is 670 g/mol. The second-order valence-electron chi connectivity index (χ2n) is 10.6. The van der Waals surface area contributed by atoms with Crippen LogP contribution in [0.3, 0.4) is 0 Å². The molecule has 0 unspecified atom stereocenters. The molecule has 0 saturated heterocycles. The predicted molar refractivity (Wildman–Crippen MR) is 179 cm³/mol. The predicted octanol–water partition coefficient (Wildman–Crippen LogP) is 4.34. The van der Waals surface area contributed by atoms with Crippen LogP contribution in [0.25, 0.3) is 0 Å². The molecule has 3 aromatic rings. The molecule has 0 aliphatic carbocycles. The van der Waals surface area contributed by atoms with E-state index >= 15 is 0 Å². The van der Waals surface area contributed by atoms with Crippen molar-refractivity contribution in [3.8, 4) is 17.6 Å². The molecule has 0 amide bonds. The summed E-state index contributed by atoms with van der Waals surface area (Å²) in [6.07, 6.45) is 0. The molecule has 14 nitrogen and oxygen atoms in total. The van der Waals surface area contributed by atoms with Gasteiger partial charge in [0.15, 0.2) is 15.7 Å². The monoisotopic (exact) mass is 669 g/mol. The topological polar surface area (TPSA) is 191 Å². The van der Waals surface area contributed by atoms with Gasteiger partial charge in [-0.25, -0.2) is 13.4 Å². The maximum atomic E-state index is 13.4. The molecule has 0 aliphatic heterocycles. The Morgan fingerprint density at radius 1 is 1.00 bits per heavy atom. The second kappa shape index (κ2) is 18.1. The van der Waals surface area contributed by atoms with Crippen LogP contribution in [0.2, 0.25) is 0 Å². The summed E-state index contributed by atoms with van der Waals surface area (Å²) in [5.41, 5.74) is 1.94. The Kier molecular flexibility index (Phi) is 14.3. The molecule has 1 heterocycles. The van der Waals surface area contributed by atoms with Gasteiger partial charge in [0.05, 0.1) is 52.0 Å². The number of nitrogens with zero attached hydrogens (tertiary/aromatic N) is 5. The van der Waals surface area contributed by atoms with Gasteiger partial charge in [-0.05, 0) is 32.9 Å². The van der Waals surface area contributed by atoms with Gasteiger partial charge in [0, 0.05) is 49.1 Å². The summed E-state index contributed by atoms with van der Waals surface area (Å²) < 4.78 is 43.2. The summed E-state index contributed by atoms with van der Waals surface area (Å²) in [4.78, 5) is 6.47. The first-order valence-corrected chi connectivity index (χ1v) is 16.7. The Labute approximate surface area is 275 Å². The number of ether oxygens (including phenoxy) is 3. The fourth-order valence-corrected chi connectivity index (χ4v) is 6.05. The highest BCUT2D eigenvalue weighted by atomic mass is 32.2. The number of methoxy groups -OCH3 is 2. The number of rotatable bonds is 19. The first kappa shape index (κ1) is 37.1. The lowest BCUT2D eigenvalue weighted by Gasteiger charge is -2.25. The lowest BCUT2D eigenvalue weighted by Crippen LogP contribution is -2.37. The van der Waals surface area contributed by atoms with Crippen LogP contribution in [0.15, 0.2) is 57.6 Å². The molecule has 0 bridgehead atoms. The van der Waals surface area contributed by atoms with Crippen LogP contribution in [-0.2, 0) is 14.6 Å². The maximum absolute atomic E-state index is 13.4. The molecule has 0 atom stereocenters. The Bertz CT molecular complexity index is 1650. The summed E-state index contributed by atoms with van der Waals surface area (Å²) in [6.45, 7) is 6.82. The van der Waals surface area contributed by atoms with Crippen LogP contribution < -0.4 is 20.1 Å². The number of hydrogen-bond acceptors (Lipinski definition) is 14. The Morgan fingerprint density at radius 3 is 2.34 bits per heavy atom. The number of aliphatic hydroxyl groups is 2. The summed E-state index contributed by atoms with van der Waals surface area (Å²) in [5.74, 6) is 0.650. The van der Waals surface area contributed by atoms with E-state index in [1.807, 2.05) is 49.1 Å². The smallest absolute Gasteiger partial charge is 0.183 e. The molecule has 3 rings (SSSR count). The van der Waals surface area contributed by atoms with Gasteiger partial charge < -0.3 is 35.1 Å². The fraction of sp³-hybridized carbons (Fsp3) is 0.438. The Hall–Kier alpha value is -4.33. The van der Waals surface area contributed by atoms with Crippen LogP contribution in [0, 0.1) is 18.3 Å². The average Bonchev–Trinajstić information content (AvgIpc) is 3.06. The lowest BCUT2D eigenvalue weighted by atomic mass is 10.1. The highest BCUT2D eigenvalue weighted by molar-refractivity contribution is 7.91. The van der Waals surface area contributed by atoms with E-state index in [0.29, 0.717) is 36.9 Å². The highest BCUT2D eigenvalue weighted by Crippen LogP contribution is 2.41. The number of anilines is 3. The van der Waals surface area contributed by atoms with Crippen molar-refractivity contribution in [1.82, 2.24) is 9.88 Å². The molecular weight excluding hydrogens is 626 g/mol. The number of benzene rings is 2. The molecule has 47 heavy (non-hydrogen) atoms. The number of nitriles is 1. The van der Waals surface area contributed by atoms with Crippen molar-refractivity contribution in [2.45, 2.75) is 31.7 Å². The number of pyridine rings is 1. The summed E-state index contributed by atoms with van der Waals surface area (Å²) in [7, 11) is -1.07. The van der Waals surface area contributed by atoms with Crippen molar-refractivity contribution in [3.63, 3.8) is 0 Å². The second-order valence-corrected chi connectivity index (χ2v) is 12.6. The lowest BCUT2D eigenvalue weighted by molar-refractivity contribution is 0.0992. The first-order valence-electron chi connectivity index (χ1n) is 15.0. The van der Waals surface area contributed by atoms with Crippen molar-refractivity contribution < 1.29 is 32.8 Å². The van der Waals surface area contributed by atoms with E-state index in [9.17, 15) is 18.8 Å². The number of hydrogen-bond donors (Lipinski definition) is 4. The minimum Gasteiger partial charge on any atom is -0.495 e. The molecule has 15 heteroatoms. The molecule has 0 radical (unpaired) electrons. The van der Waals surface area contributed by atoms with Crippen LogP contribution in [0.5, 0.6) is 11.5 Å². The largest absolute Gasteiger partial charge is 0.495 e. The van der Waals surface area contributed by atoms with E-state index in [1.54, 1.807) is 6.92 Å². The maximum Gasteiger partial charge on any atom is 0.183 e. The van der Waals surface area contributed by atoms with Crippen LogP contribution in [0.1, 0.15) is 25.0 Å². The fourth-order valence-electron chi connectivity index (χ4n) is 4.62. The third-order valence-corrected chi connectivity index (χ3v) is 8.87. The van der Waals surface area contributed by atoms with E-state index in [-0.39, 0.29) is 71.5 Å². The third-order valence-electron chi connectivity index (χ3n) is 7.16. The van der Waals surface area contributed by atoms with Crippen LogP contribution in [-0.4, -0.2) is 101 Å². The van der Waals surface area contributed by atoms with Gasteiger partial charge in [0.25, 0.3) is 0 Å². The van der Waals surface area contributed by atoms with Crippen molar-refractivity contribution in [2.75, 3.05) is 76.7 Å². The summed E-state index contributed by atoms with van der Waals surface area (Å²) >= 11 is 0. The zero-order valence-corrected chi connectivity index (χ0v) is 28.2. The van der Waals surface area contributed by atoms with Crippen LogP contribution in [0.4, 0.5) is 28.7 Å². The van der Waals surface area contributed by atoms with Gasteiger partial charge in [0.1, 0.15) is 39.7 Å². The van der Waals surface area contributed by atoms with E-state index in [1.165, 1.54) is 26.4 Å². The minimum absolute atomic E-state index is 0.0491. The van der Waals surface area contributed by atoms with Crippen molar-refractivity contribution in [3.05, 3.63) is 53.6 Å². The molecular formula is C32H43N7O7S. The molecule has 0 fully saturated rings. The third kappa shape index (κ3) is 10.1. The van der Waals surface area contributed by atoms with Gasteiger partial charge >= 0.3 is 0 Å². The van der Waals surface area contributed by atoms with E-state index < -0.39 is 9.84 Å². The van der Waals surface area contributed by atoms with Crippen LogP contribution >= 0.6 is 0 Å². The number of para-hydroxylation sites is 1. The number of azo groups is 1. The normalized spacial score (nSPS) is 11.7. The van der Waals surface area contributed by atoms with Gasteiger partial charge in [-0.3, -0.25) is 4.90 Å². The number of aromatic nitrogens is 1. The molecule has 2 aromatic carbocycles. The zero-order valence-electron chi connectivity index (χ0n) is 27.4.